The maximum atomic E-state index is 13.6. The topological polar surface area (TPSA) is 96.5 Å². The van der Waals surface area contributed by atoms with Gasteiger partial charge in [0.15, 0.2) is 17.7 Å². The minimum Gasteiger partial charge on any atom is -0.478 e. The SMILES string of the molecule is C[C@H](Oc1ccccc1F)C(=O)NNC(=O)c1ccc(NC(=O)c2ccccc2)cc1. The lowest BCUT2D eigenvalue weighted by atomic mass is 10.1. The van der Waals surface area contributed by atoms with Crippen LogP contribution in [0, 0.1) is 5.82 Å². The van der Waals surface area contributed by atoms with Crippen LogP contribution in [0.4, 0.5) is 10.1 Å². The fourth-order valence-electron chi connectivity index (χ4n) is 2.57. The number of benzene rings is 3. The van der Waals surface area contributed by atoms with E-state index in [2.05, 4.69) is 16.2 Å². The highest BCUT2D eigenvalue weighted by molar-refractivity contribution is 6.04. The molecule has 0 aromatic heterocycles. The lowest BCUT2D eigenvalue weighted by Crippen LogP contribution is -2.47. The van der Waals surface area contributed by atoms with Gasteiger partial charge in [0.25, 0.3) is 17.7 Å². The van der Waals surface area contributed by atoms with Crippen molar-refractivity contribution < 1.29 is 23.5 Å². The summed E-state index contributed by atoms with van der Waals surface area (Å²) in [4.78, 5) is 36.5. The summed E-state index contributed by atoms with van der Waals surface area (Å²) in [6.45, 7) is 1.43. The Balaban J connectivity index is 1.50. The summed E-state index contributed by atoms with van der Waals surface area (Å²) >= 11 is 0. The number of nitrogens with one attached hydrogen (secondary N) is 3. The summed E-state index contributed by atoms with van der Waals surface area (Å²) in [7, 11) is 0. The van der Waals surface area contributed by atoms with Crippen LogP contribution in [0.1, 0.15) is 27.6 Å². The number of amides is 3. The number of ether oxygens (including phenoxy) is 1. The minimum atomic E-state index is -1.03. The zero-order valence-corrected chi connectivity index (χ0v) is 16.6. The van der Waals surface area contributed by atoms with Gasteiger partial charge in [-0.15, -0.1) is 0 Å². The molecule has 0 unspecified atom stereocenters. The van der Waals surface area contributed by atoms with Crippen LogP contribution in [0.25, 0.3) is 0 Å². The summed E-state index contributed by atoms with van der Waals surface area (Å²) in [6, 6.07) is 20.6. The molecule has 0 radical (unpaired) electrons. The van der Waals surface area contributed by atoms with Crippen LogP contribution >= 0.6 is 0 Å². The van der Waals surface area contributed by atoms with Gasteiger partial charge in [0.2, 0.25) is 0 Å². The number of hydrogen-bond donors (Lipinski definition) is 3. The molecule has 3 aromatic carbocycles. The quantitative estimate of drug-likeness (QED) is 0.532. The number of hydrogen-bond acceptors (Lipinski definition) is 4. The van der Waals surface area contributed by atoms with Gasteiger partial charge in [0.1, 0.15) is 0 Å². The van der Waals surface area contributed by atoms with E-state index in [0.29, 0.717) is 11.3 Å². The Morgan fingerprint density at radius 2 is 1.39 bits per heavy atom. The molecule has 0 aliphatic heterocycles. The van der Waals surface area contributed by atoms with Crippen LogP contribution in [0.2, 0.25) is 0 Å². The van der Waals surface area contributed by atoms with Gasteiger partial charge in [0, 0.05) is 16.8 Å². The number of para-hydroxylation sites is 1. The molecule has 1 atom stereocenters. The molecule has 0 fully saturated rings. The maximum absolute atomic E-state index is 13.6. The van der Waals surface area contributed by atoms with E-state index in [9.17, 15) is 18.8 Å². The summed E-state index contributed by atoms with van der Waals surface area (Å²) in [5.74, 6) is -2.14. The first kappa shape index (κ1) is 21.5. The first-order chi connectivity index (χ1) is 14.9. The molecule has 7 nitrogen and oxygen atoms in total. The average molecular weight is 421 g/mol. The Bertz CT molecular complexity index is 1070. The third-order valence-corrected chi connectivity index (χ3v) is 4.25. The van der Waals surface area contributed by atoms with Gasteiger partial charge in [-0.1, -0.05) is 30.3 Å². The Morgan fingerprint density at radius 3 is 2.06 bits per heavy atom. The Labute approximate surface area is 178 Å². The van der Waals surface area contributed by atoms with Crippen LogP contribution in [0.3, 0.4) is 0 Å². The molecule has 0 aliphatic rings. The van der Waals surface area contributed by atoms with Gasteiger partial charge in [-0.25, -0.2) is 4.39 Å². The standard InChI is InChI=1S/C23H20FN3O4/c1-15(31-20-10-6-5-9-19(20)24)21(28)26-27-23(30)17-11-13-18(14-12-17)25-22(29)16-7-3-2-4-8-16/h2-15H,1H3,(H,25,29)(H,26,28)(H,27,30)/t15-/m0/s1. The normalized spacial score (nSPS) is 11.2. The first-order valence-electron chi connectivity index (χ1n) is 9.42. The maximum Gasteiger partial charge on any atom is 0.279 e. The number of anilines is 1. The number of carbonyl (C=O) groups is 3. The lowest BCUT2D eigenvalue weighted by molar-refractivity contribution is -0.128. The summed E-state index contributed by atoms with van der Waals surface area (Å²) < 4.78 is 18.9. The van der Waals surface area contributed by atoms with Crippen molar-refractivity contribution in [3.05, 3.63) is 95.8 Å². The molecule has 0 heterocycles. The molecular weight excluding hydrogens is 401 g/mol. The predicted octanol–water partition coefficient (Wildman–Crippen LogP) is 3.31. The van der Waals surface area contributed by atoms with Crippen LogP contribution in [0.15, 0.2) is 78.9 Å². The second kappa shape index (κ2) is 10.0. The molecule has 8 heteroatoms. The minimum absolute atomic E-state index is 0.0652. The van der Waals surface area contributed by atoms with E-state index in [1.807, 2.05) is 6.07 Å². The number of hydrazine groups is 1. The van der Waals surface area contributed by atoms with E-state index in [-0.39, 0.29) is 17.2 Å². The fraction of sp³-hybridized carbons (Fsp3) is 0.0870. The highest BCUT2D eigenvalue weighted by Crippen LogP contribution is 2.17. The van der Waals surface area contributed by atoms with E-state index in [1.54, 1.807) is 42.5 Å². The molecule has 3 amide bonds. The average Bonchev–Trinajstić information content (AvgIpc) is 2.79. The molecule has 3 aromatic rings. The fourth-order valence-corrected chi connectivity index (χ4v) is 2.57. The van der Waals surface area contributed by atoms with Crippen molar-refractivity contribution in [1.29, 1.82) is 0 Å². The summed E-state index contributed by atoms with van der Waals surface area (Å²) in [5, 5.41) is 2.73. The zero-order valence-electron chi connectivity index (χ0n) is 16.6. The van der Waals surface area contributed by atoms with E-state index in [4.69, 9.17) is 4.74 Å². The number of halogens is 1. The van der Waals surface area contributed by atoms with E-state index in [0.717, 1.165) is 0 Å². The molecular formula is C23H20FN3O4. The van der Waals surface area contributed by atoms with Crippen LogP contribution in [-0.2, 0) is 4.79 Å². The van der Waals surface area contributed by atoms with Crippen LogP contribution in [0.5, 0.6) is 5.75 Å². The molecule has 31 heavy (non-hydrogen) atoms. The molecule has 3 N–H and O–H groups in total. The van der Waals surface area contributed by atoms with Crippen molar-refractivity contribution in [1.82, 2.24) is 10.9 Å². The Kier molecular flexibility index (Phi) is 6.95. The van der Waals surface area contributed by atoms with E-state index in [1.165, 1.54) is 37.3 Å². The second-order valence-electron chi connectivity index (χ2n) is 6.53. The molecule has 0 saturated heterocycles. The van der Waals surface area contributed by atoms with Gasteiger partial charge < -0.3 is 10.1 Å². The van der Waals surface area contributed by atoms with Crippen molar-refractivity contribution in [3.8, 4) is 5.75 Å². The largest absolute Gasteiger partial charge is 0.478 e. The number of carbonyl (C=O) groups excluding carboxylic acids is 3. The van der Waals surface area contributed by atoms with Gasteiger partial charge in [-0.05, 0) is 55.5 Å². The van der Waals surface area contributed by atoms with Gasteiger partial charge in [0.05, 0.1) is 0 Å². The van der Waals surface area contributed by atoms with Crippen LogP contribution < -0.4 is 20.9 Å². The lowest BCUT2D eigenvalue weighted by Gasteiger charge is -2.15. The third-order valence-electron chi connectivity index (χ3n) is 4.25. The van der Waals surface area contributed by atoms with Crippen molar-refractivity contribution in [3.63, 3.8) is 0 Å². The first-order valence-corrected chi connectivity index (χ1v) is 9.42. The molecule has 0 saturated carbocycles. The van der Waals surface area contributed by atoms with Gasteiger partial charge in [-0.2, -0.15) is 0 Å². The van der Waals surface area contributed by atoms with Crippen molar-refractivity contribution >= 4 is 23.4 Å². The monoisotopic (exact) mass is 421 g/mol. The molecule has 3 rings (SSSR count). The highest BCUT2D eigenvalue weighted by atomic mass is 19.1. The Hall–Kier alpha value is -4.20. The second-order valence-corrected chi connectivity index (χ2v) is 6.53. The van der Waals surface area contributed by atoms with E-state index >= 15 is 0 Å². The van der Waals surface area contributed by atoms with E-state index < -0.39 is 23.7 Å². The number of rotatable bonds is 6. The third kappa shape index (κ3) is 5.89. The highest BCUT2D eigenvalue weighted by Gasteiger charge is 2.17. The van der Waals surface area contributed by atoms with Crippen molar-refractivity contribution in [2.45, 2.75) is 13.0 Å². The molecule has 0 aliphatic carbocycles. The zero-order chi connectivity index (χ0) is 22.2. The van der Waals surface area contributed by atoms with Gasteiger partial charge >= 0.3 is 0 Å². The molecule has 158 valence electrons. The van der Waals surface area contributed by atoms with Crippen molar-refractivity contribution in [2.24, 2.45) is 0 Å². The molecule has 0 bridgehead atoms. The van der Waals surface area contributed by atoms with Gasteiger partial charge in [-0.3, -0.25) is 25.2 Å². The Morgan fingerprint density at radius 1 is 0.774 bits per heavy atom. The predicted molar refractivity (Wildman–Crippen MR) is 113 cm³/mol. The molecule has 0 spiro atoms. The van der Waals surface area contributed by atoms with Crippen LogP contribution in [-0.4, -0.2) is 23.8 Å². The summed E-state index contributed by atoms with van der Waals surface area (Å²) in [5.41, 5.74) is 5.79. The smallest absolute Gasteiger partial charge is 0.279 e. The summed E-state index contributed by atoms with van der Waals surface area (Å²) in [6.07, 6.45) is -1.03. The van der Waals surface area contributed by atoms with Crippen molar-refractivity contribution in [2.75, 3.05) is 5.32 Å².